The molecule has 170 valence electrons. The second kappa shape index (κ2) is 11.4. The zero-order chi connectivity index (χ0) is 22.9. The first kappa shape index (κ1) is 23.5. The van der Waals surface area contributed by atoms with Crippen LogP contribution in [0.3, 0.4) is 0 Å². The average molecular weight is 439 g/mol. The average Bonchev–Trinajstić information content (AvgIpc) is 2.97. The number of benzene rings is 2. The van der Waals surface area contributed by atoms with Gasteiger partial charge >= 0.3 is 11.9 Å². The minimum atomic E-state index is -1.05. The first-order chi connectivity index (χ1) is 15.5. The number of hydrogen-bond donors (Lipinski definition) is 3. The fourth-order valence-electron chi connectivity index (χ4n) is 4.17. The summed E-state index contributed by atoms with van der Waals surface area (Å²) in [6.45, 7) is 0.350. The molecule has 3 atom stereocenters. The minimum Gasteiger partial charge on any atom is -0.480 e. The normalized spacial score (nSPS) is 18.6. The van der Waals surface area contributed by atoms with Gasteiger partial charge in [0.2, 0.25) is 5.91 Å². The number of carbonyl (C=O) groups is 3. The van der Waals surface area contributed by atoms with Gasteiger partial charge in [-0.25, -0.2) is 4.79 Å². The van der Waals surface area contributed by atoms with Crippen molar-refractivity contribution in [1.82, 2.24) is 10.2 Å². The van der Waals surface area contributed by atoms with Crippen molar-refractivity contribution in [2.75, 3.05) is 6.54 Å². The number of aliphatic carboxylic acids is 2. The number of nitrogens with zero attached hydrogens (tertiary/aromatic N) is 1. The summed E-state index contributed by atoms with van der Waals surface area (Å²) in [6.07, 6.45) is 3.02. The number of carboxylic acid groups (broad SMARTS) is 2. The number of likely N-dealkylation sites (tertiary alicyclic amines) is 1. The molecule has 0 bridgehead atoms. The van der Waals surface area contributed by atoms with Gasteiger partial charge in [-0.3, -0.25) is 14.9 Å². The third-order valence-corrected chi connectivity index (χ3v) is 5.92. The maximum absolute atomic E-state index is 13.3. The number of rotatable bonds is 10. The number of carboxylic acids is 2. The van der Waals surface area contributed by atoms with Gasteiger partial charge in [0.05, 0.1) is 6.04 Å². The molecule has 2 aromatic carbocycles. The zero-order valence-electron chi connectivity index (χ0n) is 18.0. The fourth-order valence-corrected chi connectivity index (χ4v) is 4.17. The lowest BCUT2D eigenvalue weighted by Gasteiger charge is -2.31. The van der Waals surface area contributed by atoms with Crippen LogP contribution in [0.4, 0.5) is 0 Å². The van der Waals surface area contributed by atoms with Crippen LogP contribution in [0.25, 0.3) is 0 Å². The van der Waals surface area contributed by atoms with E-state index < -0.39 is 30.1 Å². The predicted octanol–water partition coefficient (Wildman–Crippen LogP) is 2.74. The molecule has 0 saturated carbocycles. The molecule has 0 aromatic heterocycles. The Labute approximate surface area is 188 Å². The summed E-state index contributed by atoms with van der Waals surface area (Å²) >= 11 is 0. The lowest BCUT2D eigenvalue weighted by molar-refractivity contribution is -0.151. The van der Waals surface area contributed by atoms with Crippen LogP contribution in [-0.2, 0) is 27.2 Å². The highest BCUT2D eigenvalue weighted by Gasteiger charge is 2.36. The number of amides is 1. The Morgan fingerprint density at radius 3 is 2.16 bits per heavy atom. The first-order valence-electron chi connectivity index (χ1n) is 11.1. The molecule has 2 unspecified atom stereocenters. The maximum atomic E-state index is 13.3. The van der Waals surface area contributed by atoms with Crippen molar-refractivity contribution in [2.24, 2.45) is 0 Å². The van der Waals surface area contributed by atoms with Crippen LogP contribution < -0.4 is 5.32 Å². The van der Waals surface area contributed by atoms with Crippen LogP contribution in [0.1, 0.15) is 36.8 Å². The second-order valence-electron chi connectivity index (χ2n) is 8.21. The third-order valence-electron chi connectivity index (χ3n) is 5.92. The first-order valence-corrected chi connectivity index (χ1v) is 11.1. The Morgan fingerprint density at radius 1 is 0.938 bits per heavy atom. The molecule has 3 rings (SSSR count). The molecule has 2 aromatic rings. The van der Waals surface area contributed by atoms with E-state index >= 15 is 0 Å². The van der Waals surface area contributed by atoms with Gasteiger partial charge in [0, 0.05) is 13.0 Å². The lowest BCUT2D eigenvalue weighted by Crippen LogP contribution is -2.55. The van der Waals surface area contributed by atoms with E-state index in [9.17, 15) is 24.6 Å². The smallest absolute Gasteiger partial charge is 0.326 e. The van der Waals surface area contributed by atoms with Gasteiger partial charge in [0.25, 0.3) is 0 Å². The summed E-state index contributed by atoms with van der Waals surface area (Å²) in [4.78, 5) is 38.7. The Balaban J connectivity index is 1.71. The van der Waals surface area contributed by atoms with Crippen LogP contribution in [0.5, 0.6) is 0 Å². The fraction of sp³-hybridized carbons (Fsp3) is 0.400. The molecule has 1 fully saturated rings. The van der Waals surface area contributed by atoms with Gasteiger partial charge < -0.3 is 15.1 Å². The SMILES string of the molecule is O=C(O)C(Cc1ccccc1)N1CCCCC(N[C@@H](CCc2ccccc2)C(=O)O)C1=O. The van der Waals surface area contributed by atoms with Crippen molar-refractivity contribution in [3.05, 3.63) is 71.8 Å². The molecule has 1 heterocycles. The van der Waals surface area contributed by atoms with Crippen LogP contribution in [-0.4, -0.2) is 57.6 Å². The molecule has 1 aliphatic rings. The van der Waals surface area contributed by atoms with Gasteiger partial charge in [-0.15, -0.1) is 0 Å². The number of carbonyl (C=O) groups excluding carboxylic acids is 1. The Bertz CT molecular complexity index is 903. The van der Waals surface area contributed by atoms with Crippen molar-refractivity contribution < 1.29 is 24.6 Å². The van der Waals surface area contributed by atoms with Crippen molar-refractivity contribution >= 4 is 17.8 Å². The van der Waals surface area contributed by atoms with E-state index in [4.69, 9.17) is 0 Å². The standard InChI is InChI=1S/C25H30N2O5/c28-23-20(26-21(24(29)30)15-14-18-9-3-1-4-10-18)13-7-8-16-27(23)22(25(31)32)17-19-11-5-2-6-12-19/h1-6,9-12,20-22,26H,7-8,13-17H2,(H,29,30)(H,31,32)/t20?,21-,22?/m0/s1. The van der Waals surface area contributed by atoms with E-state index in [0.717, 1.165) is 17.5 Å². The van der Waals surface area contributed by atoms with Crippen molar-refractivity contribution in [1.29, 1.82) is 0 Å². The monoisotopic (exact) mass is 438 g/mol. The van der Waals surface area contributed by atoms with Crippen molar-refractivity contribution in [2.45, 2.75) is 56.7 Å². The molecular weight excluding hydrogens is 408 g/mol. The van der Waals surface area contributed by atoms with E-state index in [1.165, 1.54) is 4.90 Å². The van der Waals surface area contributed by atoms with Gasteiger partial charge in [-0.1, -0.05) is 60.7 Å². The highest BCUT2D eigenvalue weighted by atomic mass is 16.4. The molecule has 0 aliphatic carbocycles. The van der Waals surface area contributed by atoms with Crippen molar-refractivity contribution in [3.63, 3.8) is 0 Å². The molecule has 1 amide bonds. The summed E-state index contributed by atoms with van der Waals surface area (Å²) in [7, 11) is 0. The van der Waals surface area contributed by atoms with Crippen LogP contribution in [0, 0.1) is 0 Å². The summed E-state index contributed by atoms with van der Waals surface area (Å²) < 4.78 is 0. The highest BCUT2D eigenvalue weighted by Crippen LogP contribution is 2.19. The summed E-state index contributed by atoms with van der Waals surface area (Å²) in [5.41, 5.74) is 1.87. The third kappa shape index (κ3) is 6.40. The van der Waals surface area contributed by atoms with Gasteiger partial charge in [-0.2, -0.15) is 0 Å². The Hall–Kier alpha value is -3.19. The highest BCUT2D eigenvalue weighted by molar-refractivity contribution is 5.88. The Morgan fingerprint density at radius 2 is 1.56 bits per heavy atom. The van der Waals surface area contributed by atoms with E-state index in [2.05, 4.69) is 5.32 Å². The van der Waals surface area contributed by atoms with E-state index in [1.807, 2.05) is 60.7 Å². The quantitative estimate of drug-likeness (QED) is 0.527. The number of nitrogens with one attached hydrogen (secondary N) is 1. The number of hydrogen-bond acceptors (Lipinski definition) is 4. The zero-order valence-corrected chi connectivity index (χ0v) is 18.0. The van der Waals surface area contributed by atoms with Crippen LogP contribution in [0.15, 0.2) is 60.7 Å². The molecule has 1 saturated heterocycles. The predicted molar refractivity (Wildman–Crippen MR) is 120 cm³/mol. The molecule has 1 aliphatic heterocycles. The molecule has 7 nitrogen and oxygen atoms in total. The van der Waals surface area contributed by atoms with E-state index in [1.54, 1.807) is 0 Å². The lowest BCUT2D eigenvalue weighted by atomic mass is 10.0. The summed E-state index contributed by atoms with van der Waals surface area (Å²) in [6, 6.07) is 16.2. The molecule has 32 heavy (non-hydrogen) atoms. The summed E-state index contributed by atoms with van der Waals surface area (Å²) in [5, 5.41) is 22.6. The largest absolute Gasteiger partial charge is 0.480 e. The topological polar surface area (TPSA) is 107 Å². The van der Waals surface area contributed by atoms with Gasteiger partial charge in [0.15, 0.2) is 0 Å². The van der Waals surface area contributed by atoms with Crippen LogP contribution >= 0.6 is 0 Å². The number of aryl methyl sites for hydroxylation is 1. The molecule has 3 N–H and O–H groups in total. The van der Waals surface area contributed by atoms with E-state index in [0.29, 0.717) is 32.2 Å². The van der Waals surface area contributed by atoms with Gasteiger partial charge in [0.1, 0.15) is 12.1 Å². The van der Waals surface area contributed by atoms with E-state index in [-0.39, 0.29) is 12.3 Å². The molecule has 0 radical (unpaired) electrons. The molecular formula is C25H30N2O5. The second-order valence-corrected chi connectivity index (χ2v) is 8.21. The molecule has 7 heteroatoms. The minimum absolute atomic E-state index is 0.213. The maximum Gasteiger partial charge on any atom is 0.326 e. The molecule has 0 spiro atoms. The summed E-state index contributed by atoms with van der Waals surface area (Å²) in [5.74, 6) is -2.40. The Kier molecular flexibility index (Phi) is 8.39. The van der Waals surface area contributed by atoms with Crippen LogP contribution in [0.2, 0.25) is 0 Å². The van der Waals surface area contributed by atoms with Gasteiger partial charge in [-0.05, 0) is 43.2 Å². The van der Waals surface area contributed by atoms with Crippen molar-refractivity contribution in [3.8, 4) is 0 Å².